The second-order valence-corrected chi connectivity index (χ2v) is 4.95. The van der Waals surface area contributed by atoms with Crippen molar-refractivity contribution >= 4 is 5.97 Å². The van der Waals surface area contributed by atoms with Crippen LogP contribution in [0.15, 0.2) is 24.3 Å². The minimum Gasteiger partial charge on any atom is -0.493 e. The van der Waals surface area contributed by atoms with Gasteiger partial charge in [0.1, 0.15) is 5.54 Å². The van der Waals surface area contributed by atoms with Gasteiger partial charge in [0.2, 0.25) is 0 Å². The maximum absolute atomic E-state index is 11.4. The van der Waals surface area contributed by atoms with Crippen LogP contribution in [-0.2, 0) is 4.79 Å². The molecule has 1 aromatic carbocycles. The fraction of sp³-hybridized carbons (Fsp3) is 0.533. The topological polar surface area (TPSA) is 67.8 Å². The maximum Gasteiger partial charge on any atom is 0.323 e. The van der Waals surface area contributed by atoms with E-state index in [0.29, 0.717) is 24.5 Å². The summed E-state index contributed by atoms with van der Waals surface area (Å²) in [5, 5.41) is 12.3. The lowest BCUT2D eigenvalue weighted by atomic mass is 9.95. The monoisotopic (exact) mass is 281 g/mol. The van der Waals surface area contributed by atoms with E-state index in [0.717, 1.165) is 0 Å². The van der Waals surface area contributed by atoms with Crippen LogP contribution in [0.5, 0.6) is 11.5 Å². The minimum atomic E-state index is -1.00. The number of benzene rings is 1. The number of methoxy groups -OCH3 is 1. The van der Waals surface area contributed by atoms with Crippen LogP contribution >= 0.6 is 0 Å². The molecule has 5 heteroatoms. The van der Waals surface area contributed by atoms with Crippen molar-refractivity contribution in [3.63, 3.8) is 0 Å². The van der Waals surface area contributed by atoms with E-state index in [1.54, 1.807) is 20.1 Å². The number of para-hydroxylation sites is 2. The number of rotatable bonds is 8. The first-order chi connectivity index (χ1) is 9.42. The molecule has 0 radical (unpaired) electrons. The average Bonchev–Trinajstić information content (AvgIpc) is 2.39. The van der Waals surface area contributed by atoms with E-state index in [1.165, 1.54) is 0 Å². The van der Waals surface area contributed by atoms with Gasteiger partial charge in [0.05, 0.1) is 13.2 Å². The summed E-state index contributed by atoms with van der Waals surface area (Å²) in [5.74, 6) is 0.376. The van der Waals surface area contributed by atoms with Crippen molar-refractivity contribution in [1.82, 2.24) is 5.32 Å². The lowest BCUT2D eigenvalue weighted by Crippen LogP contribution is -2.51. The zero-order valence-corrected chi connectivity index (χ0v) is 12.5. The summed E-state index contributed by atoms with van der Waals surface area (Å²) in [7, 11) is 1.58. The van der Waals surface area contributed by atoms with Crippen molar-refractivity contribution < 1.29 is 19.4 Å². The Bertz CT molecular complexity index is 449. The standard InChI is InChI=1S/C15H23NO4/c1-5-16-15(3,14(17)18)10-11(2)20-13-9-7-6-8-12(13)19-4/h6-9,11,16H,5,10H2,1-4H3,(H,17,18). The number of carboxylic acids is 1. The number of ether oxygens (including phenoxy) is 2. The molecule has 112 valence electrons. The van der Waals surface area contributed by atoms with Crippen LogP contribution in [0.1, 0.15) is 27.2 Å². The summed E-state index contributed by atoms with van der Waals surface area (Å²) < 4.78 is 11.0. The van der Waals surface area contributed by atoms with E-state index in [4.69, 9.17) is 9.47 Å². The van der Waals surface area contributed by atoms with Crippen LogP contribution in [0.4, 0.5) is 0 Å². The molecule has 2 atom stereocenters. The highest BCUT2D eigenvalue weighted by molar-refractivity contribution is 5.78. The predicted molar refractivity (Wildman–Crippen MR) is 77.4 cm³/mol. The fourth-order valence-corrected chi connectivity index (χ4v) is 2.17. The smallest absolute Gasteiger partial charge is 0.323 e. The third-order valence-electron chi connectivity index (χ3n) is 3.13. The Labute approximate surface area is 119 Å². The van der Waals surface area contributed by atoms with Gasteiger partial charge in [-0.2, -0.15) is 0 Å². The number of hydrogen-bond donors (Lipinski definition) is 2. The number of aliphatic carboxylic acids is 1. The van der Waals surface area contributed by atoms with E-state index in [9.17, 15) is 9.90 Å². The van der Waals surface area contributed by atoms with Gasteiger partial charge in [-0.25, -0.2) is 0 Å². The number of carboxylic acid groups (broad SMARTS) is 1. The molecule has 2 N–H and O–H groups in total. The number of carbonyl (C=O) groups is 1. The Kier molecular flexibility index (Phi) is 5.82. The Morgan fingerprint density at radius 1 is 1.40 bits per heavy atom. The Morgan fingerprint density at radius 3 is 2.50 bits per heavy atom. The summed E-state index contributed by atoms with van der Waals surface area (Å²) >= 11 is 0. The van der Waals surface area contributed by atoms with E-state index in [-0.39, 0.29) is 6.10 Å². The van der Waals surface area contributed by atoms with Gasteiger partial charge in [0.15, 0.2) is 11.5 Å². The zero-order valence-electron chi connectivity index (χ0n) is 12.5. The van der Waals surface area contributed by atoms with Gasteiger partial charge in [-0.05, 0) is 32.5 Å². The highest BCUT2D eigenvalue weighted by Crippen LogP contribution is 2.28. The Morgan fingerprint density at radius 2 is 2.00 bits per heavy atom. The van der Waals surface area contributed by atoms with Crippen LogP contribution in [0.2, 0.25) is 0 Å². The molecule has 1 rings (SSSR count). The van der Waals surface area contributed by atoms with Gasteiger partial charge in [-0.15, -0.1) is 0 Å². The van der Waals surface area contributed by atoms with Gasteiger partial charge >= 0.3 is 5.97 Å². The van der Waals surface area contributed by atoms with Crippen LogP contribution in [0.25, 0.3) is 0 Å². The normalized spacial score (nSPS) is 15.2. The molecule has 0 bridgehead atoms. The summed E-state index contributed by atoms with van der Waals surface area (Å²) in [5.41, 5.74) is -1.00. The van der Waals surface area contributed by atoms with Gasteiger partial charge in [-0.1, -0.05) is 19.1 Å². The van der Waals surface area contributed by atoms with E-state index in [2.05, 4.69) is 5.32 Å². The van der Waals surface area contributed by atoms with Crippen molar-refractivity contribution in [3.05, 3.63) is 24.3 Å². The maximum atomic E-state index is 11.4. The van der Waals surface area contributed by atoms with Crippen molar-refractivity contribution in [1.29, 1.82) is 0 Å². The molecular weight excluding hydrogens is 258 g/mol. The summed E-state index contributed by atoms with van der Waals surface area (Å²) in [4.78, 5) is 11.4. The fourth-order valence-electron chi connectivity index (χ4n) is 2.17. The molecule has 0 aliphatic carbocycles. The lowest BCUT2D eigenvalue weighted by Gasteiger charge is -2.29. The molecule has 0 amide bonds. The van der Waals surface area contributed by atoms with E-state index < -0.39 is 11.5 Å². The summed E-state index contributed by atoms with van der Waals surface area (Å²) in [6.45, 7) is 5.99. The van der Waals surface area contributed by atoms with Crippen LogP contribution in [0, 0.1) is 0 Å². The molecule has 0 heterocycles. The van der Waals surface area contributed by atoms with E-state index in [1.807, 2.05) is 32.0 Å². The molecule has 0 saturated carbocycles. The first-order valence-electron chi connectivity index (χ1n) is 6.71. The van der Waals surface area contributed by atoms with Crippen molar-refractivity contribution in [3.8, 4) is 11.5 Å². The number of hydrogen-bond acceptors (Lipinski definition) is 4. The molecular formula is C15H23NO4. The first-order valence-corrected chi connectivity index (χ1v) is 6.71. The third-order valence-corrected chi connectivity index (χ3v) is 3.13. The molecule has 5 nitrogen and oxygen atoms in total. The quantitative estimate of drug-likeness (QED) is 0.765. The Hall–Kier alpha value is -1.75. The van der Waals surface area contributed by atoms with Gasteiger partial charge in [0, 0.05) is 6.42 Å². The van der Waals surface area contributed by atoms with Crippen LogP contribution in [-0.4, -0.2) is 36.4 Å². The van der Waals surface area contributed by atoms with Gasteiger partial charge in [0.25, 0.3) is 0 Å². The lowest BCUT2D eigenvalue weighted by molar-refractivity contribution is -0.145. The van der Waals surface area contributed by atoms with Gasteiger partial charge < -0.3 is 19.9 Å². The number of likely N-dealkylation sites (N-methyl/N-ethyl adjacent to an activating group) is 1. The van der Waals surface area contributed by atoms with Crippen LogP contribution in [0.3, 0.4) is 0 Å². The van der Waals surface area contributed by atoms with E-state index >= 15 is 0 Å². The predicted octanol–water partition coefficient (Wildman–Crippen LogP) is 2.31. The summed E-state index contributed by atoms with van der Waals surface area (Å²) in [6.07, 6.45) is 0.0975. The molecule has 2 unspecified atom stereocenters. The molecule has 0 aliphatic heterocycles. The molecule has 0 saturated heterocycles. The number of nitrogens with one attached hydrogen (secondary N) is 1. The highest BCUT2D eigenvalue weighted by Gasteiger charge is 2.34. The molecule has 20 heavy (non-hydrogen) atoms. The molecule has 0 spiro atoms. The van der Waals surface area contributed by atoms with Crippen molar-refractivity contribution in [2.24, 2.45) is 0 Å². The Balaban J connectivity index is 2.75. The summed E-state index contributed by atoms with van der Waals surface area (Å²) in [6, 6.07) is 7.32. The van der Waals surface area contributed by atoms with Crippen molar-refractivity contribution in [2.75, 3.05) is 13.7 Å². The second-order valence-electron chi connectivity index (χ2n) is 4.95. The molecule has 0 fully saturated rings. The second kappa shape index (κ2) is 7.14. The SMILES string of the molecule is CCNC(C)(CC(C)Oc1ccccc1OC)C(=O)O. The molecule has 1 aromatic rings. The first kappa shape index (κ1) is 16.3. The molecule has 0 aliphatic rings. The highest BCUT2D eigenvalue weighted by atomic mass is 16.5. The molecule has 0 aromatic heterocycles. The van der Waals surface area contributed by atoms with Crippen LogP contribution < -0.4 is 14.8 Å². The zero-order chi connectivity index (χ0) is 15.2. The largest absolute Gasteiger partial charge is 0.493 e. The minimum absolute atomic E-state index is 0.258. The average molecular weight is 281 g/mol. The third kappa shape index (κ3) is 4.13. The van der Waals surface area contributed by atoms with Gasteiger partial charge in [-0.3, -0.25) is 4.79 Å². The van der Waals surface area contributed by atoms with Crippen molar-refractivity contribution in [2.45, 2.75) is 38.8 Å².